The molecule has 1 saturated carbocycles. The lowest BCUT2D eigenvalue weighted by molar-refractivity contribution is -0.117. The van der Waals surface area contributed by atoms with Crippen molar-refractivity contribution in [2.75, 3.05) is 31.5 Å². The van der Waals surface area contributed by atoms with E-state index in [1.165, 1.54) is 38.5 Å². The molecule has 1 atom stereocenters. The van der Waals surface area contributed by atoms with Crippen molar-refractivity contribution in [2.45, 2.75) is 38.2 Å². The molecule has 3 heterocycles. The first-order valence-corrected chi connectivity index (χ1v) is 10.7. The quantitative estimate of drug-likeness (QED) is 0.809. The molecular weight excluding hydrogens is 382 g/mol. The number of likely N-dealkylation sites (tertiary alicyclic amines) is 1. The van der Waals surface area contributed by atoms with Crippen molar-refractivity contribution >= 4 is 28.5 Å². The summed E-state index contributed by atoms with van der Waals surface area (Å²) in [7, 11) is 0. The van der Waals surface area contributed by atoms with E-state index in [0.29, 0.717) is 22.2 Å². The summed E-state index contributed by atoms with van der Waals surface area (Å²) in [6.07, 6.45) is 10.8. The number of nitrogens with one attached hydrogen (secondary N) is 1. The van der Waals surface area contributed by atoms with E-state index in [2.05, 4.69) is 15.2 Å². The Morgan fingerprint density at radius 3 is 3.03 bits per heavy atom. The zero-order chi connectivity index (χ0) is 20.6. The van der Waals surface area contributed by atoms with Gasteiger partial charge in [0.05, 0.1) is 12.6 Å². The fourth-order valence-electron chi connectivity index (χ4n) is 4.93. The molecule has 158 valence electrons. The maximum Gasteiger partial charge on any atom is 0.245 e. The largest absolute Gasteiger partial charge is 0.443 e. The number of benzene rings is 1. The van der Waals surface area contributed by atoms with Crippen LogP contribution in [0, 0.1) is 5.41 Å². The van der Waals surface area contributed by atoms with Crippen molar-refractivity contribution < 1.29 is 14.3 Å². The number of oxazole rings is 1. The minimum Gasteiger partial charge on any atom is -0.443 e. The van der Waals surface area contributed by atoms with Crippen LogP contribution in [0.4, 0.5) is 5.69 Å². The predicted octanol–water partition coefficient (Wildman–Crippen LogP) is 2.58. The third-order valence-electron chi connectivity index (χ3n) is 6.48. The Morgan fingerprint density at radius 1 is 1.30 bits per heavy atom. The van der Waals surface area contributed by atoms with Crippen LogP contribution in [0.5, 0.6) is 0 Å². The van der Waals surface area contributed by atoms with Gasteiger partial charge in [-0.15, -0.1) is 0 Å². The fraction of sp³-hybridized carbons (Fsp3) is 0.500. The molecule has 1 aliphatic carbocycles. The lowest BCUT2D eigenvalue weighted by atomic mass is 9.86. The first-order valence-electron chi connectivity index (χ1n) is 10.7. The number of hydrogen-bond acceptors (Lipinski definition) is 7. The highest BCUT2D eigenvalue weighted by Gasteiger charge is 2.41. The van der Waals surface area contributed by atoms with Crippen LogP contribution in [-0.4, -0.2) is 64.0 Å². The highest BCUT2D eigenvalue weighted by atomic mass is 16.3. The van der Waals surface area contributed by atoms with Crippen LogP contribution >= 0.6 is 0 Å². The van der Waals surface area contributed by atoms with E-state index in [-0.39, 0.29) is 19.0 Å². The number of hydrazone groups is 1. The van der Waals surface area contributed by atoms with Gasteiger partial charge in [-0.05, 0) is 49.0 Å². The summed E-state index contributed by atoms with van der Waals surface area (Å²) < 4.78 is 5.23. The van der Waals surface area contributed by atoms with Gasteiger partial charge < -0.3 is 19.7 Å². The van der Waals surface area contributed by atoms with Crippen molar-refractivity contribution in [3.8, 4) is 0 Å². The summed E-state index contributed by atoms with van der Waals surface area (Å²) in [6, 6.07) is 5.33. The smallest absolute Gasteiger partial charge is 0.245 e. The molecule has 1 aromatic heterocycles. The minimum absolute atomic E-state index is 0.0675. The Kier molecular flexibility index (Phi) is 4.94. The van der Waals surface area contributed by atoms with E-state index >= 15 is 0 Å². The van der Waals surface area contributed by atoms with Gasteiger partial charge in [-0.25, -0.2) is 4.98 Å². The lowest BCUT2D eigenvalue weighted by Crippen LogP contribution is -2.36. The molecule has 0 bridgehead atoms. The average molecular weight is 409 g/mol. The van der Waals surface area contributed by atoms with E-state index in [1.54, 1.807) is 29.3 Å². The van der Waals surface area contributed by atoms with Gasteiger partial charge in [0, 0.05) is 18.8 Å². The second-order valence-electron chi connectivity index (χ2n) is 8.69. The molecule has 0 radical (unpaired) electrons. The molecule has 2 N–H and O–H groups in total. The Balaban J connectivity index is 1.26. The Hall–Kier alpha value is -2.87. The summed E-state index contributed by atoms with van der Waals surface area (Å²) in [5.74, 6) is 0.649. The lowest BCUT2D eigenvalue weighted by Gasteiger charge is -2.25. The van der Waals surface area contributed by atoms with E-state index in [9.17, 15) is 9.90 Å². The highest BCUT2D eigenvalue weighted by molar-refractivity contribution is 5.95. The first-order chi connectivity index (χ1) is 14.6. The van der Waals surface area contributed by atoms with Crippen molar-refractivity contribution in [2.24, 2.45) is 10.5 Å². The summed E-state index contributed by atoms with van der Waals surface area (Å²) in [6.45, 7) is 2.35. The van der Waals surface area contributed by atoms with E-state index < -0.39 is 6.10 Å². The van der Waals surface area contributed by atoms with Crippen LogP contribution in [0.15, 0.2) is 46.3 Å². The number of aromatic nitrogens is 1. The first kappa shape index (κ1) is 19.1. The molecule has 5 rings (SSSR count). The molecule has 1 amide bonds. The number of fused-ring (bicyclic) bond motifs is 1. The number of amides is 1. The molecule has 30 heavy (non-hydrogen) atoms. The van der Waals surface area contributed by atoms with Crippen LogP contribution in [0.25, 0.3) is 11.1 Å². The molecule has 1 saturated heterocycles. The Labute approximate surface area is 175 Å². The molecular formula is C22H27N5O3. The summed E-state index contributed by atoms with van der Waals surface area (Å²) in [5, 5.41) is 19.5. The van der Waals surface area contributed by atoms with Gasteiger partial charge in [0.25, 0.3) is 0 Å². The highest BCUT2D eigenvalue weighted by Crippen LogP contribution is 2.45. The molecule has 2 aliphatic heterocycles. The third-order valence-corrected chi connectivity index (χ3v) is 6.48. The van der Waals surface area contributed by atoms with Gasteiger partial charge >= 0.3 is 0 Å². The SMILES string of the molecule is O=C(CN1CC(O)C=CC(N2CCC3(CCCC3)C2)=N1)Nc1ccc2ocnc2c1. The topological polar surface area (TPSA) is 94.2 Å². The van der Waals surface area contributed by atoms with Crippen LogP contribution < -0.4 is 5.32 Å². The second kappa shape index (κ2) is 7.75. The van der Waals surface area contributed by atoms with E-state index in [0.717, 1.165) is 18.9 Å². The summed E-state index contributed by atoms with van der Waals surface area (Å²) >= 11 is 0. The number of aliphatic hydroxyl groups is 1. The fourth-order valence-corrected chi connectivity index (χ4v) is 4.93. The molecule has 1 unspecified atom stereocenters. The van der Waals surface area contributed by atoms with Crippen LogP contribution in [0.2, 0.25) is 0 Å². The number of hydrogen-bond donors (Lipinski definition) is 2. The van der Waals surface area contributed by atoms with Crippen molar-refractivity contribution in [3.63, 3.8) is 0 Å². The molecule has 1 aromatic carbocycles. The number of anilines is 1. The van der Waals surface area contributed by atoms with Gasteiger partial charge in [-0.1, -0.05) is 18.9 Å². The van der Waals surface area contributed by atoms with Gasteiger partial charge in [0.2, 0.25) is 5.91 Å². The predicted molar refractivity (Wildman–Crippen MR) is 114 cm³/mol. The van der Waals surface area contributed by atoms with Crippen molar-refractivity contribution in [1.29, 1.82) is 0 Å². The number of β-amino-alcohol motifs (C(OH)–C–C–N with tert-alkyl or cyclic N) is 1. The molecule has 3 aliphatic rings. The minimum atomic E-state index is -0.659. The van der Waals surface area contributed by atoms with Crippen molar-refractivity contribution in [3.05, 3.63) is 36.7 Å². The number of aliphatic hydroxyl groups excluding tert-OH is 1. The average Bonchev–Trinajstić information content (AvgIpc) is 3.44. The van der Waals surface area contributed by atoms with Gasteiger partial charge in [-0.2, -0.15) is 5.10 Å². The number of carbonyl (C=O) groups excluding carboxylic acids is 1. The van der Waals surface area contributed by atoms with Gasteiger partial charge in [0.15, 0.2) is 12.0 Å². The van der Waals surface area contributed by atoms with Crippen LogP contribution in [0.1, 0.15) is 32.1 Å². The van der Waals surface area contributed by atoms with E-state index in [4.69, 9.17) is 9.52 Å². The molecule has 8 nitrogen and oxygen atoms in total. The summed E-state index contributed by atoms with van der Waals surface area (Å²) in [4.78, 5) is 19.0. The Bertz CT molecular complexity index is 992. The Morgan fingerprint density at radius 2 is 2.17 bits per heavy atom. The van der Waals surface area contributed by atoms with Gasteiger partial charge in [-0.3, -0.25) is 9.80 Å². The monoisotopic (exact) mass is 409 g/mol. The van der Waals surface area contributed by atoms with E-state index in [1.807, 2.05) is 6.08 Å². The maximum atomic E-state index is 12.6. The molecule has 2 fully saturated rings. The maximum absolute atomic E-state index is 12.6. The summed E-state index contributed by atoms with van der Waals surface area (Å²) in [5.41, 5.74) is 2.46. The third kappa shape index (κ3) is 3.92. The zero-order valence-electron chi connectivity index (χ0n) is 17.0. The molecule has 8 heteroatoms. The zero-order valence-corrected chi connectivity index (χ0v) is 17.0. The van der Waals surface area contributed by atoms with Crippen molar-refractivity contribution in [1.82, 2.24) is 14.9 Å². The van der Waals surface area contributed by atoms with Crippen LogP contribution in [0.3, 0.4) is 0 Å². The second-order valence-corrected chi connectivity index (χ2v) is 8.69. The number of nitrogens with zero attached hydrogens (tertiary/aromatic N) is 4. The number of amidine groups is 1. The molecule has 2 aromatic rings. The normalized spacial score (nSPS) is 23.2. The number of carbonyl (C=O) groups is 1. The molecule has 1 spiro atoms. The standard InChI is InChI=1S/C22H27N5O3/c28-17-4-6-20(26-10-9-22(14-26)7-1-2-8-22)25-27(12-17)13-21(29)24-16-3-5-19-18(11-16)23-15-30-19/h3-6,11,15,17,28H,1-2,7-10,12-14H2,(H,24,29). The van der Waals surface area contributed by atoms with Gasteiger partial charge in [0.1, 0.15) is 17.9 Å². The van der Waals surface area contributed by atoms with Crippen LogP contribution in [-0.2, 0) is 4.79 Å². The number of rotatable bonds is 3.